The van der Waals surface area contributed by atoms with Crippen LogP contribution in [0.4, 0.5) is 11.6 Å². The Balaban J connectivity index is 2.51. The molecule has 0 aliphatic heterocycles. The summed E-state index contributed by atoms with van der Waals surface area (Å²) in [6.45, 7) is 3.81. The van der Waals surface area contributed by atoms with Crippen molar-refractivity contribution >= 4 is 11.6 Å². The Morgan fingerprint density at radius 1 is 1.35 bits per heavy atom. The molecule has 5 nitrogen and oxygen atoms in total. The molecule has 0 radical (unpaired) electrons. The van der Waals surface area contributed by atoms with E-state index in [9.17, 15) is 0 Å². The maximum atomic E-state index is 8.73. The van der Waals surface area contributed by atoms with Crippen LogP contribution in [0.3, 0.4) is 0 Å². The van der Waals surface area contributed by atoms with E-state index in [4.69, 9.17) is 5.11 Å². The van der Waals surface area contributed by atoms with Crippen LogP contribution in [-0.4, -0.2) is 41.8 Å². The summed E-state index contributed by atoms with van der Waals surface area (Å²) in [6, 6.07) is 1.90. The Labute approximate surface area is 103 Å². The molecule has 0 amide bonds. The predicted octanol–water partition coefficient (Wildman–Crippen LogP) is 1.51. The lowest BCUT2D eigenvalue weighted by atomic mass is 10.2. The molecular formula is C12H22N4O. The lowest BCUT2D eigenvalue weighted by Crippen LogP contribution is -2.20. The number of aromatic nitrogens is 2. The van der Waals surface area contributed by atoms with Gasteiger partial charge in [0.1, 0.15) is 18.0 Å². The molecule has 96 valence electrons. The van der Waals surface area contributed by atoms with Gasteiger partial charge in [-0.05, 0) is 6.42 Å². The Bertz CT molecular complexity index is 319. The average molecular weight is 238 g/mol. The fourth-order valence-corrected chi connectivity index (χ4v) is 1.55. The van der Waals surface area contributed by atoms with Gasteiger partial charge in [-0.25, -0.2) is 9.97 Å². The first-order valence-electron chi connectivity index (χ1n) is 6.15. The van der Waals surface area contributed by atoms with Gasteiger partial charge in [-0.3, -0.25) is 0 Å². The number of hydrogen-bond donors (Lipinski definition) is 2. The molecule has 0 saturated carbocycles. The minimum absolute atomic E-state index is 0.103. The summed E-state index contributed by atoms with van der Waals surface area (Å²) in [4.78, 5) is 10.5. The zero-order chi connectivity index (χ0) is 12.5. The summed E-state index contributed by atoms with van der Waals surface area (Å²) in [7, 11) is 2.04. The quantitative estimate of drug-likeness (QED) is 0.672. The molecule has 0 unspecified atom stereocenters. The van der Waals surface area contributed by atoms with Crippen LogP contribution in [-0.2, 0) is 0 Å². The molecular weight excluding hydrogens is 216 g/mol. The molecule has 17 heavy (non-hydrogen) atoms. The van der Waals surface area contributed by atoms with Crippen molar-refractivity contribution in [3.8, 4) is 0 Å². The molecule has 1 aromatic heterocycles. The zero-order valence-electron chi connectivity index (χ0n) is 10.7. The van der Waals surface area contributed by atoms with Gasteiger partial charge < -0.3 is 15.3 Å². The minimum atomic E-state index is 0.103. The second kappa shape index (κ2) is 7.84. The topological polar surface area (TPSA) is 61.3 Å². The molecule has 0 atom stereocenters. The van der Waals surface area contributed by atoms with Gasteiger partial charge in [0.25, 0.3) is 0 Å². The van der Waals surface area contributed by atoms with E-state index in [0.29, 0.717) is 6.54 Å². The standard InChI is InChI=1S/C12H22N4O/c1-3-4-5-7-16(2)12-9-11(13-6-8-17)14-10-15-12/h9-10,17H,3-8H2,1-2H3,(H,13,14,15). The molecule has 0 fully saturated rings. The van der Waals surface area contributed by atoms with Crippen LogP contribution in [0.2, 0.25) is 0 Å². The van der Waals surface area contributed by atoms with E-state index in [1.54, 1.807) is 6.33 Å². The van der Waals surface area contributed by atoms with E-state index in [0.717, 1.165) is 18.2 Å². The molecule has 1 heterocycles. The van der Waals surface area contributed by atoms with Crippen molar-refractivity contribution in [1.82, 2.24) is 9.97 Å². The molecule has 0 spiro atoms. The van der Waals surface area contributed by atoms with Crippen LogP contribution in [0.25, 0.3) is 0 Å². The SMILES string of the molecule is CCCCCN(C)c1cc(NCCO)ncn1. The Morgan fingerprint density at radius 2 is 2.18 bits per heavy atom. The van der Waals surface area contributed by atoms with Gasteiger partial charge in [0.15, 0.2) is 0 Å². The molecule has 5 heteroatoms. The third kappa shape index (κ3) is 4.99. The molecule has 1 rings (SSSR count). The number of aliphatic hydroxyl groups is 1. The first-order valence-corrected chi connectivity index (χ1v) is 6.15. The highest BCUT2D eigenvalue weighted by Crippen LogP contribution is 2.13. The second-order valence-corrected chi connectivity index (χ2v) is 4.04. The zero-order valence-corrected chi connectivity index (χ0v) is 10.7. The largest absolute Gasteiger partial charge is 0.395 e. The summed E-state index contributed by atoms with van der Waals surface area (Å²) in [5.41, 5.74) is 0. The molecule has 0 aliphatic carbocycles. The summed E-state index contributed by atoms with van der Waals surface area (Å²) >= 11 is 0. The van der Waals surface area contributed by atoms with Crippen molar-refractivity contribution < 1.29 is 5.11 Å². The summed E-state index contributed by atoms with van der Waals surface area (Å²) < 4.78 is 0. The first-order chi connectivity index (χ1) is 8.27. The van der Waals surface area contributed by atoms with E-state index in [2.05, 4.69) is 27.1 Å². The van der Waals surface area contributed by atoms with Crippen LogP contribution in [0.5, 0.6) is 0 Å². The number of nitrogens with one attached hydrogen (secondary N) is 1. The van der Waals surface area contributed by atoms with Gasteiger partial charge in [-0.2, -0.15) is 0 Å². The van der Waals surface area contributed by atoms with E-state index in [1.807, 2.05) is 13.1 Å². The van der Waals surface area contributed by atoms with Crippen LogP contribution in [0.15, 0.2) is 12.4 Å². The van der Waals surface area contributed by atoms with Crippen molar-refractivity contribution in [3.05, 3.63) is 12.4 Å². The second-order valence-electron chi connectivity index (χ2n) is 4.04. The Hall–Kier alpha value is -1.36. The number of unbranched alkanes of at least 4 members (excludes halogenated alkanes) is 2. The van der Waals surface area contributed by atoms with Crippen LogP contribution < -0.4 is 10.2 Å². The number of anilines is 2. The van der Waals surface area contributed by atoms with E-state index >= 15 is 0 Å². The molecule has 0 aliphatic rings. The van der Waals surface area contributed by atoms with Crippen molar-refractivity contribution in [2.75, 3.05) is 37.0 Å². The van der Waals surface area contributed by atoms with Crippen LogP contribution in [0.1, 0.15) is 26.2 Å². The number of nitrogens with zero attached hydrogens (tertiary/aromatic N) is 3. The van der Waals surface area contributed by atoms with Gasteiger partial charge in [0.2, 0.25) is 0 Å². The number of rotatable bonds is 8. The average Bonchev–Trinajstić information content (AvgIpc) is 2.37. The van der Waals surface area contributed by atoms with Gasteiger partial charge in [0.05, 0.1) is 6.61 Å². The maximum absolute atomic E-state index is 8.73. The molecule has 0 aromatic carbocycles. The Morgan fingerprint density at radius 3 is 2.88 bits per heavy atom. The summed E-state index contributed by atoms with van der Waals surface area (Å²) in [6.07, 6.45) is 5.19. The molecule has 1 aromatic rings. The smallest absolute Gasteiger partial charge is 0.133 e. The molecule has 0 saturated heterocycles. The Kier molecular flexibility index (Phi) is 6.32. The highest BCUT2D eigenvalue weighted by Gasteiger charge is 2.03. The first kappa shape index (κ1) is 13.7. The predicted molar refractivity (Wildman–Crippen MR) is 70.4 cm³/mol. The molecule has 0 bridgehead atoms. The summed E-state index contributed by atoms with van der Waals surface area (Å²) in [5, 5.41) is 11.8. The van der Waals surface area contributed by atoms with Gasteiger partial charge in [-0.1, -0.05) is 19.8 Å². The van der Waals surface area contributed by atoms with Crippen molar-refractivity contribution in [1.29, 1.82) is 0 Å². The van der Waals surface area contributed by atoms with Gasteiger partial charge in [0, 0.05) is 26.2 Å². The number of hydrogen-bond acceptors (Lipinski definition) is 5. The minimum Gasteiger partial charge on any atom is -0.395 e. The summed E-state index contributed by atoms with van der Waals surface area (Å²) in [5.74, 6) is 1.67. The molecule has 2 N–H and O–H groups in total. The van der Waals surface area contributed by atoms with Crippen molar-refractivity contribution in [2.24, 2.45) is 0 Å². The fraction of sp³-hybridized carbons (Fsp3) is 0.667. The highest BCUT2D eigenvalue weighted by molar-refractivity contribution is 5.47. The van der Waals surface area contributed by atoms with E-state index in [-0.39, 0.29) is 6.61 Å². The van der Waals surface area contributed by atoms with Crippen molar-refractivity contribution in [2.45, 2.75) is 26.2 Å². The van der Waals surface area contributed by atoms with E-state index in [1.165, 1.54) is 19.3 Å². The third-order valence-electron chi connectivity index (χ3n) is 2.56. The van der Waals surface area contributed by atoms with Gasteiger partial charge in [-0.15, -0.1) is 0 Å². The number of aliphatic hydroxyl groups excluding tert-OH is 1. The van der Waals surface area contributed by atoms with Crippen molar-refractivity contribution in [3.63, 3.8) is 0 Å². The fourth-order valence-electron chi connectivity index (χ4n) is 1.55. The normalized spacial score (nSPS) is 10.3. The lowest BCUT2D eigenvalue weighted by molar-refractivity contribution is 0.311. The highest BCUT2D eigenvalue weighted by atomic mass is 16.3. The van der Waals surface area contributed by atoms with Crippen LogP contribution in [0, 0.1) is 0 Å². The maximum Gasteiger partial charge on any atom is 0.133 e. The lowest BCUT2D eigenvalue weighted by Gasteiger charge is -2.18. The van der Waals surface area contributed by atoms with Crippen LogP contribution >= 0.6 is 0 Å². The monoisotopic (exact) mass is 238 g/mol. The third-order valence-corrected chi connectivity index (χ3v) is 2.56. The van der Waals surface area contributed by atoms with Gasteiger partial charge >= 0.3 is 0 Å². The van der Waals surface area contributed by atoms with E-state index < -0.39 is 0 Å².